The Balaban J connectivity index is 2.00. The first-order chi connectivity index (χ1) is 15.3. The first-order valence-electron chi connectivity index (χ1n) is 9.71. The van der Waals surface area contributed by atoms with E-state index in [0.717, 1.165) is 17.2 Å². The molecule has 0 unspecified atom stereocenters. The highest BCUT2D eigenvalue weighted by molar-refractivity contribution is 5.70. The molecule has 2 nitrogen and oxygen atoms in total. The van der Waals surface area contributed by atoms with E-state index >= 15 is 0 Å². The van der Waals surface area contributed by atoms with Crippen LogP contribution in [0.4, 0.5) is 17.6 Å². The number of halogens is 4. The zero-order valence-electron chi connectivity index (χ0n) is 17.3. The summed E-state index contributed by atoms with van der Waals surface area (Å²) in [5.74, 6) is -2.37. The van der Waals surface area contributed by atoms with E-state index in [9.17, 15) is 17.6 Å². The van der Waals surface area contributed by atoms with Crippen molar-refractivity contribution < 1.29 is 17.6 Å². The standard InChI is InChI=1S/C26H20F4N2/c1-3-19(5-4-18(2)27)8-12-24-17-25(13-9-20-6-10-21(28)11-7-20)32(31-24)26-15-22(29)14-23(30)16-26/h3-17H,2H2,1H3/b5-4-,12-8+,13-9+,19-3+. The van der Waals surface area contributed by atoms with Gasteiger partial charge in [0.2, 0.25) is 0 Å². The SMILES string of the molecule is C=C(F)\C=C/C(=C\C)/C=C/c1cc(/C=C/c2ccc(F)cc2)n(-c2cc(F)cc(F)c2)n1. The smallest absolute Gasteiger partial charge is 0.128 e. The van der Waals surface area contributed by atoms with Crippen LogP contribution in [0.15, 0.2) is 90.8 Å². The summed E-state index contributed by atoms with van der Waals surface area (Å²) in [6, 6.07) is 10.8. The molecule has 0 fully saturated rings. The summed E-state index contributed by atoms with van der Waals surface area (Å²) in [6.45, 7) is 4.98. The van der Waals surface area contributed by atoms with Gasteiger partial charge >= 0.3 is 0 Å². The molecular weight excluding hydrogens is 416 g/mol. The molecule has 0 N–H and O–H groups in total. The van der Waals surface area contributed by atoms with E-state index < -0.39 is 17.5 Å². The molecule has 0 aliphatic carbocycles. The topological polar surface area (TPSA) is 17.8 Å². The molecular formula is C26H20F4N2. The third-order valence-electron chi connectivity index (χ3n) is 4.40. The maximum Gasteiger partial charge on any atom is 0.128 e. The Labute approximate surface area is 183 Å². The maximum absolute atomic E-state index is 13.8. The molecule has 0 saturated heterocycles. The Bertz CT molecular complexity index is 1210. The number of hydrogen-bond donors (Lipinski definition) is 0. The van der Waals surface area contributed by atoms with Gasteiger partial charge < -0.3 is 0 Å². The van der Waals surface area contributed by atoms with Crippen molar-refractivity contribution in [3.8, 4) is 5.69 Å². The average Bonchev–Trinajstić information content (AvgIpc) is 3.16. The van der Waals surface area contributed by atoms with E-state index in [1.807, 2.05) is 0 Å². The van der Waals surface area contributed by atoms with Gasteiger partial charge in [-0.25, -0.2) is 22.2 Å². The second-order valence-electron chi connectivity index (χ2n) is 6.82. The molecule has 0 radical (unpaired) electrons. The van der Waals surface area contributed by atoms with Crippen molar-refractivity contribution in [2.75, 3.05) is 0 Å². The van der Waals surface area contributed by atoms with Crippen LogP contribution in [-0.4, -0.2) is 9.78 Å². The fourth-order valence-corrected chi connectivity index (χ4v) is 2.86. The van der Waals surface area contributed by atoms with Crippen molar-refractivity contribution in [1.82, 2.24) is 9.78 Å². The molecule has 0 amide bonds. The molecule has 162 valence electrons. The molecule has 3 rings (SSSR count). The molecule has 0 aliphatic rings. The quantitative estimate of drug-likeness (QED) is 0.278. The van der Waals surface area contributed by atoms with Crippen molar-refractivity contribution >= 4 is 18.2 Å². The summed E-state index contributed by atoms with van der Waals surface area (Å²) in [4.78, 5) is 0. The van der Waals surface area contributed by atoms with Crippen molar-refractivity contribution in [2.24, 2.45) is 0 Å². The minimum absolute atomic E-state index is 0.209. The number of allylic oxidation sites excluding steroid dienone is 6. The number of nitrogens with zero attached hydrogens (tertiary/aromatic N) is 2. The summed E-state index contributed by atoms with van der Waals surface area (Å²) < 4.78 is 55.0. The zero-order valence-corrected chi connectivity index (χ0v) is 17.3. The number of aromatic nitrogens is 2. The largest absolute Gasteiger partial charge is 0.233 e. The Morgan fingerprint density at radius 3 is 2.16 bits per heavy atom. The van der Waals surface area contributed by atoms with Gasteiger partial charge in [0.15, 0.2) is 0 Å². The Morgan fingerprint density at radius 2 is 1.53 bits per heavy atom. The number of benzene rings is 2. The highest BCUT2D eigenvalue weighted by Crippen LogP contribution is 2.19. The lowest BCUT2D eigenvalue weighted by molar-refractivity contribution is 0.580. The summed E-state index contributed by atoms with van der Waals surface area (Å²) in [6.07, 6.45) is 11.5. The van der Waals surface area contributed by atoms with Crippen molar-refractivity contribution in [3.05, 3.63) is 125 Å². The van der Waals surface area contributed by atoms with Crippen molar-refractivity contribution in [3.63, 3.8) is 0 Å². The van der Waals surface area contributed by atoms with Crippen LogP contribution in [0, 0.1) is 17.5 Å². The van der Waals surface area contributed by atoms with Crippen LogP contribution in [0.3, 0.4) is 0 Å². The van der Waals surface area contributed by atoms with E-state index in [-0.39, 0.29) is 11.5 Å². The van der Waals surface area contributed by atoms with Gasteiger partial charge in [-0.2, -0.15) is 5.10 Å². The summed E-state index contributed by atoms with van der Waals surface area (Å²) in [5.41, 5.74) is 2.74. The van der Waals surface area contributed by atoms with Crippen LogP contribution in [0.5, 0.6) is 0 Å². The van der Waals surface area contributed by atoms with Gasteiger partial charge in [-0.15, -0.1) is 0 Å². The van der Waals surface area contributed by atoms with Crippen LogP contribution >= 0.6 is 0 Å². The van der Waals surface area contributed by atoms with Crippen LogP contribution in [0.1, 0.15) is 23.9 Å². The Hall–Kier alpha value is -3.93. The van der Waals surface area contributed by atoms with Crippen LogP contribution in [0.25, 0.3) is 23.9 Å². The van der Waals surface area contributed by atoms with E-state index in [4.69, 9.17) is 0 Å². The zero-order chi connectivity index (χ0) is 23.1. The fraction of sp³-hybridized carbons (Fsp3) is 0.0385. The minimum Gasteiger partial charge on any atom is -0.233 e. The summed E-state index contributed by atoms with van der Waals surface area (Å²) in [7, 11) is 0. The fourth-order valence-electron chi connectivity index (χ4n) is 2.86. The molecule has 0 spiro atoms. The third-order valence-corrected chi connectivity index (χ3v) is 4.40. The van der Waals surface area contributed by atoms with Crippen LogP contribution < -0.4 is 0 Å². The van der Waals surface area contributed by atoms with Gasteiger partial charge in [0.1, 0.15) is 23.3 Å². The molecule has 2 aromatic carbocycles. The molecule has 0 atom stereocenters. The lowest BCUT2D eigenvalue weighted by atomic mass is 10.2. The highest BCUT2D eigenvalue weighted by Gasteiger charge is 2.09. The molecule has 1 aromatic heterocycles. The molecule has 6 heteroatoms. The Kier molecular flexibility index (Phi) is 7.39. The molecule has 3 aromatic rings. The maximum atomic E-state index is 13.8. The average molecular weight is 436 g/mol. The van der Waals surface area contributed by atoms with E-state index in [1.54, 1.807) is 61.6 Å². The second kappa shape index (κ2) is 10.4. The summed E-state index contributed by atoms with van der Waals surface area (Å²) >= 11 is 0. The first-order valence-corrected chi connectivity index (χ1v) is 9.71. The first kappa shape index (κ1) is 22.7. The molecule has 1 heterocycles. The van der Waals surface area contributed by atoms with Gasteiger partial charge in [-0.1, -0.05) is 43.0 Å². The third kappa shape index (κ3) is 6.28. The van der Waals surface area contributed by atoms with Crippen LogP contribution in [0.2, 0.25) is 0 Å². The number of hydrogen-bond acceptors (Lipinski definition) is 1. The second-order valence-corrected chi connectivity index (χ2v) is 6.82. The van der Waals surface area contributed by atoms with Crippen molar-refractivity contribution in [1.29, 1.82) is 0 Å². The van der Waals surface area contributed by atoms with Gasteiger partial charge in [-0.3, -0.25) is 0 Å². The number of rotatable bonds is 7. The van der Waals surface area contributed by atoms with E-state index in [0.29, 0.717) is 11.4 Å². The van der Waals surface area contributed by atoms with Crippen LogP contribution in [-0.2, 0) is 0 Å². The Morgan fingerprint density at radius 1 is 0.844 bits per heavy atom. The monoisotopic (exact) mass is 436 g/mol. The van der Waals surface area contributed by atoms with E-state index in [2.05, 4.69) is 11.7 Å². The highest BCUT2D eigenvalue weighted by atomic mass is 19.1. The lowest BCUT2D eigenvalue weighted by Crippen LogP contribution is -2.00. The molecule has 0 aliphatic heterocycles. The minimum atomic E-state index is -0.728. The molecule has 32 heavy (non-hydrogen) atoms. The normalized spacial score (nSPS) is 12.5. The predicted octanol–water partition coefficient (Wildman–Crippen LogP) is 7.46. The molecule has 0 saturated carbocycles. The van der Waals surface area contributed by atoms with E-state index in [1.165, 1.54) is 35.0 Å². The van der Waals surface area contributed by atoms with Gasteiger partial charge in [0.25, 0.3) is 0 Å². The van der Waals surface area contributed by atoms with Gasteiger partial charge in [0, 0.05) is 6.07 Å². The molecule has 0 bridgehead atoms. The lowest BCUT2D eigenvalue weighted by Gasteiger charge is -2.05. The summed E-state index contributed by atoms with van der Waals surface area (Å²) in [5, 5.41) is 4.43. The predicted molar refractivity (Wildman–Crippen MR) is 121 cm³/mol. The van der Waals surface area contributed by atoms with Gasteiger partial charge in [0.05, 0.1) is 17.1 Å². The van der Waals surface area contributed by atoms with Crippen molar-refractivity contribution in [2.45, 2.75) is 6.92 Å². The van der Waals surface area contributed by atoms with Gasteiger partial charge in [-0.05, 0) is 66.6 Å².